The van der Waals surface area contributed by atoms with Crippen molar-refractivity contribution >= 4 is 29.3 Å². The number of halogens is 3. The minimum Gasteiger partial charge on any atom is -0.465 e. The van der Waals surface area contributed by atoms with Crippen molar-refractivity contribution in [1.82, 2.24) is 0 Å². The standard InChI is InChI=1S/C21H22F3NO3S/c1-4-8-28-21(27)19(12(2)3)29-18-11-17(15(23)10-16(18)24)25-20(26)13-6-5-7-14(22)9-13/h5-7,9-12,19H,4,8H2,1-3H3,(H,25,26). The van der Waals surface area contributed by atoms with E-state index in [1.54, 1.807) is 13.8 Å². The van der Waals surface area contributed by atoms with Crippen LogP contribution in [0.2, 0.25) is 0 Å². The molecule has 29 heavy (non-hydrogen) atoms. The van der Waals surface area contributed by atoms with Crippen molar-refractivity contribution in [3.8, 4) is 0 Å². The van der Waals surface area contributed by atoms with Crippen molar-refractivity contribution in [1.29, 1.82) is 0 Å². The number of anilines is 1. The van der Waals surface area contributed by atoms with Crippen LogP contribution in [-0.4, -0.2) is 23.7 Å². The predicted molar refractivity (Wildman–Crippen MR) is 106 cm³/mol. The Labute approximate surface area is 171 Å². The number of benzene rings is 2. The lowest BCUT2D eigenvalue weighted by molar-refractivity contribution is -0.143. The quantitative estimate of drug-likeness (QED) is 0.453. The van der Waals surface area contributed by atoms with Crippen molar-refractivity contribution in [3.05, 3.63) is 59.4 Å². The van der Waals surface area contributed by atoms with Gasteiger partial charge in [-0.05, 0) is 36.6 Å². The smallest absolute Gasteiger partial charge is 0.319 e. The highest BCUT2D eigenvalue weighted by molar-refractivity contribution is 8.00. The summed E-state index contributed by atoms with van der Waals surface area (Å²) in [7, 11) is 0. The summed E-state index contributed by atoms with van der Waals surface area (Å²) in [6, 6.07) is 6.65. The summed E-state index contributed by atoms with van der Waals surface area (Å²) in [5.74, 6) is -3.84. The molecule has 4 nitrogen and oxygen atoms in total. The maximum atomic E-state index is 14.3. The van der Waals surface area contributed by atoms with Gasteiger partial charge in [-0.25, -0.2) is 13.2 Å². The number of hydrogen-bond acceptors (Lipinski definition) is 4. The number of amides is 1. The fourth-order valence-electron chi connectivity index (χ4n) is 2.42. The summed E-state index contributed by atoms with van der Waals surface area (Å²) >= 11 is 0.903. The number of nitrogens with one attached hydrogen (secondary N) is 1. The van der Waals surface area contributed by atoms with E-state index in [1.165, 1.54) is 18.2 Å². The van der Waals surface area contributed by atoms with Crippen LogP contribution in [-0.2, 0) is 9.53 Å². The fraction of sp³-hybridized carbons (Fsp3) is 0.333. The molecule has 2 aromatic rings. The molecule has 1 amide bonds. The number of hydrogen-bond donors (Lipinski definition) is 1. The summed E-state index contributed by atoms with van der Waals surface area (Å²) in [6.45, 7) is 5.69. The molecule has 1 unspecified atom stereocenters. The largest absolute Gasteiger partial charge is 0.465 e. The molecular weight excluding hydrogens is 403 g/mol. The van der Waals surface area contributed by atoms with Crippen molar-refractivity contribution in [2.75, 3.05) is 11.9 Å². The zero-order valence-electron chi connectivity index (χ0n) is 16.3. The zero-order valence-corrected chi connectivity index (χ0v) is 17.1. The second kappa shape index (κ2) is 10.3. The highest BCUT2D eigenvalue weighted by Crippen LogP contribution is 2.34. The van der Waals surface area contributed by atoms with Crippen LogP contribution in [0.25, 0.3) is 0 Å². The van der Waals surface area contributed by atoms with Crippen LogP contribution in [0.4, 0.5) is 18.9 Å². The second-order valence-corrected chi connectivity index (χ2v) is 7.86. The number of carbonyl (C=O) groups excluding carboxylic acids is 2. The van der Waals surface area contributed by atoms with Gasteiger partial charge in [-0.3, -0.25) is 9.59 Å². The van der Waals surface area contributed by atoms with Crippen LogP contribution in [0.3, 0.4) is 0 Å². The first-order chi connectivity index (χ1) is 13.7. The van der Waals surface area contributed by atoms with Gasteiger partial charge in [0.25, 0.3) is 5.91 Å². The summed E-state index contributed by atoms with van der Waals surface area (Å²) in [4.78, 5) is 24.5. The van der Waals surface area contributed by atoms with Gasteiger partial charge in [0, 0.05) is 16.5 Å². The van der Waals surface area contributed by atoms with Gasteiger partial charge in [0.1, 0.15) is 22.7 Å². The molecule has 1 atom stereocenters. The number of thioether (sulfide) groups is 1. The maximum absolute atomic E-state index is 14.3. The van der Waals surface area contributed by atoms with Gasteiger partial charge in [0.05, 0.1) is 12.3 Å². The van der Waals surface area contributed by atoms with Crippen LogP contribution in [0.1, 0.15) is 37.6 Å². The molecule has 0 aromatic heterocycles. The highest BCUT2D eigenvalue weighted by atomic mass is 32.2. The van der Waals surface area contributed by atoms with Gasteiger partial charge in [-0.2, -0.15) is 0 Å². The molecule has 156 valence electrons. The number of ether oxygens (including phenoxy) is 1. The summed E-state index contributed by atoms with van der Waals surface area (Å²) in [5.41, 5.74) is -0.279. The molecule has 0 bridgehead atoms. The Balaban J connectivity index is 2.25. The van der Waals surface area contributed by atoms with Crippen LogP contribution in [0, 0.1) is 23.4 Å². The SMILES string of the molecule is CCCOC(=O)C(Sc1cc(NC(=O)c2cccc(F)c2)c(F)cc1F)C(C)C. The van der Waals surface area contributed by atoms with Gasteiger partial charge >= 0.3 is 5.97 Å². The molecule has 1 N–H and O–H groups in total. The molecule has 0 radical (unpaired) electrons. The lowest BCUT2D eigenvalue weighted by Crippen LogP contribution is -2.26. The highest BCUT2D eigenvalue weighted by Gasteiger charge is 2.27. The third kappa shape index (κ3) is 6.25. The lowest BCUT2D eigenvalue weighted by atomic mass is 10.1. The van der Waals surface area contributed by atoms with E-state index in [4.69, 9.17) is 4.74 Å². The molecule has 0 heterocycles. The summed E-state index contributed by atoms with van der Waals surface area (Å²) < 4.78 is 46.9. The van der Waals surface area contributed by atoms with E-state index in [1.807, 2.05) is 6.92 Å². The van der Waals surface area contributed by atoms with Crippen molar-refractivity contribution in [2.45, 2.75) is 37.3 Å². The molecule has 2 aromatic carbocycles. The zero-order chi connectivity index (χ0) is 21.6. The molecule has 0 fully saturated rings. The molecule has 0 spiro atoms. The van der Waals surface area contributed by atoms with E-state index in [-0.39, 0.29) is 28.7 Å². The minimum absolute atomic E-state index is 0.00640. The second-order valence-electron chi connectivity index (χ2n) is 6.68. The Hall–Kier alpha value is -2.48. The monoisotopic (exact) mass is 425 g/mol. The maximum Gasteiger partial charge on any atom is 0.319 e. The summed E-state index contributed by atoms with van der Waals surface area (Å²) in [6.07, 6.45) is 0.655. The third-order valence-electron chi connectivity index (χ3n) is 3.90. The Morgan fingerprint density at radius 3 is 2.45 bits per heavy atom. The van der Waals surface area contributed by atoms with E-state index in [0.29, 0.717) is 12.5 Å². The van der Waals surface area contributed by atoms with Crippen LogP contribution >= 0.6 is 11.8 Å². The Morgan fingerprint density at radius 1 is 1.10 bits per heavy atom. The van der Waals surface area contributed by atoms with Crippen molar-refractivity contribution < 1.29 is 27.5 Å². The first-order valence-electron chi connectivity index (χ1n) is 9.12. The number of carbonyl (C=O) groups is 2. The Bertz CT molecular complexity index is 889. The molecule has 0 saturated heterocycles. The molecule has 8 heteroatoms. The fourth-order valence-corrected chi connectivity index (χ4v) is 3.48. The van der Waals surface area contributed by atoms with E-state index in [2.05, 4.69) is 5.32 Å². The first-order valence-corrected chi connectivity index (χ1v) is 10.00. The first kappa shape index (κ1) is 22.8. The Morgan fingerprint density at radius 2 is 1.83 bits per heavy atom. The topological polar surface area (TPSA) is 55.4 Å². The summed E-state index contributed by atoms with van der Waals surface area (Å²) in [5, 5.41) is 1.61. The predicted octanol–water partition coefficient (Wildman–Crippen LogP) is 5.43. The molecular formula is C21H22F3NO3S. The normalized spacial score (nSPS) is 12.0. The minimum atomic E-state index is -0.980. The van der Waals surface area contributed by atoms with Gasteiger partial charge < -0.3 is 10.1 Å². The van der Waals surface area contributed by atoms with E-state index < -0.39 is 34.6 Å². The third-order valence-corrected chi connectivity index (χ3v) is 5.45. The molecule has 0 saturated carbocycles. The van der Waals surface area contributed by atoms with Crippen molar-refractivity contribution in [3.63, 3.8) is 0 Å². The average molecular weight is 425 g/mol. The van der Waals surface area contributed by atoms with Crippen LogP contribution in [0.5, 0.6) is 0 Å². The van der Waals surface area contributed by atoms with Gasteiger partial charge in [-0.1, -0.05) is 26.8 Å². The van der Waals surface area contributed by atoms with Crippen molar-refractivity contribution in [2.24, 2.45) is 5.92 Å². The van der Waals surface area contributed by atoms with E-state index in [9.17, 15) is 22.8 Å². The molecule has 2 rings (SSSR count). The van der Waals surface area contributed by atoms with Gasteiger partial charge in [-0.15, -0.1) is 11.8 Å². The number of esters is 1. The Kier molecular flexibility index (Phi) is 8.13. The molecule has 0 aliphatic rings. The average Bonchev–Trinajstić information content (AvgIpc) is 2.66. The van der Waals surface area contributed by atoms with E-state index >= 15 is 0 Å². The van der Waals surface area contributed by atoms with Gasteiger partial charge in [0.15, 0.2) is 0 Å². The van der Waals surface area contributed by atoms with Gasteiger partial charge in [0.2, 0.25) is 0 Å². The number of rotatable bonds is 8. The van der Waals surface area contributed by atoms with Crippen LogP contribution < -0.4 is 5.32 Å². The molecule has 0 aliphatic carbocycles. The lowest BCUT2D eigenvalue weighted by Gasteiger charge is -2.19. The van der Waals surface area contributed by atoms with E-state index in [0.717, 1.165) is 23.9 Å². The molecule has 0 aliphatic heterocycles. The van der Waals surface area contributed by atoms with Crippen LogP contribution in [0.15, 0.2) is 41.3 Å².